The predicted molar refractivity (Wildman–Crippen MR) is 78.3 cm³/mol. The Kier molecular flexibility index (Phi) is 7.28. The molecule has 1 aliphatic rings. The monoisotopic (exact) mass is 292 g/mol. The van der Waals surface area contributed by atoms with E-state index in [1.165, 1.54) is 12.8 Å². The number of hydrogen-bond acceptors (Lipinski definition) is 5. The molecule has 1 saturated heterocycles. The third-order valence-corrected chi connectivity index (χ3v) is 5.85. The molecule has 5 nitrogen and oxygen atoms in total. The fraction of sp³-hybridized carbons (Fsp3) is 1.00. The van der Waals surface area contributed by atoms with Crippen LogP contribution in [0.3, 0.4) is 0 Å². The van der Waals surface area contributed by atoms with Gasteiger partial charge in [-0.3, -0.25) is 4.90 Å². The molecule has 1 rings (SSSR count). The van der Waals surface area contributed by atoms with Crippen LogP contribution < -0.4 is 5.32 Å². The molecule has 0 saturated carbocycles. The van der Waals surface area contributed by atoms with E-state index in [-0.39, 0.29) is 11.0 Å². The zero-order valence-electron chi connectivity index (χ0n) is 12.4. The molecule has 0 aliphatic carbocycles. The zero-order chi connectivity index (χ0) is 14.3. The smallest absolute Gasteiger partial charge is 0.153 e. The summed E-state index contributed by atoms with van der Waals surface area (Å²) in [5.74, 6) is 0.237. The Morgan fingerprint density at radius 2 is 2.11 bits per heavy atom. The van der Waals surface area contributed by atoms with Crippen LogP contribution in [-0.4, -0.2) is 70.3 Å². The largest absolute Gasteiger partial charge is 0.383 e. The molecule has 1 fully saturated rings. The normalized spacial score (nSPS) is 20.6. The van der Waals surface area contributed by atoms with Gasteiger partial charge in [0.15, 0.2) is 9.84 Å². The van der Waals surface area contributed by atoms with Crippen molar-refractivity contribution in [2.24, 2.45) is 0 Å². The highest BCUT2D eigenvalue weighted by Gasteiger charge is 2.21. The molecule has 1 heterocycles. The first-order valence-electron chi connectivity index (χ1n) is 7.12. The van der Waals surface area contributed by atoms with Crippen LogP contribution in [0.15, 0.2) is 0 Å². The van der Waals surface area contributed by atoms with Crippen molar-refractivity contribution < 1.29 is 13.2 Å². The van der Waals surface area contributed by atoms with Gasteiger partial charge < -0.3 is 10.1 Å². The molecule has 0 radical (unpaired) electrons. The van der Waals surface area contributed by atoms with Crippen molar-refractivity contribution in [3.05, 3.63) is 0 Å². The van der Waals surface area contributed by atoms with Gasteiger partial charge in [-0.25, -0.2) is 8.42 Å². The van der Waals surface area contributed by atoms with Crippen molar-refractivity contribution in [3.8, 4) is 0 Å². The van der Waals surface area contributed by atoms with Crippen molar-refractivity contribution in [2.75, 3.05) is 45.6 Å². The summed E-state index contributed by atoms with van der Waals surface area (Å²) >= 11 is 0. The summed E-state index contributed by atoms with van der Waals surface area (Å²) in [5.41, 5.74) is 0. The lowest BCUT2D eigenvalue weighted by Crippen LogP contribution is -2.41. The Labute approximate surface area is 117 Å². The van der Waals surface area contributed by atoms with Gasteiger partial charge in [-0.2, -0.15) is 0 Å². The zero-order valence-corrected chi connectivity index (χ0v) is 13.2. The average Bonchev–Trinajstić information content (AvgIpc) is 2.85. The SMILES string of the molecule is COCCN(CCS(=O)(=O)C(C)C)CC1CCCN1. The van der Waals surface area contributed by atoms with E-state index < -0.39 is 9.84 Å². The molecular formula is C13H28N2O3S. The van der Waals surface area contributed by atoms with E-state index in [0.29, 0.717) is 19.2 Å². The van der Waals surface area contributed by atoms with Gasteiger partial charge in [-0.15, -0.1) is 0 Å². The number of nitrogens with zero attached hydrogens (tertiary/aromatic N) is 1. The fourth-order valence-corrected chi connectivity index (χ4v) is 3.22. The second-order valence-corrected chi connectivity index (χ2v) is 8.18. The lowest BCUT2D eigenvalue weighted by Gasteiger charge is -2.25. The highest BCUT2D eigenvalue weighted by Crippen LogP contribution is 2.08. The number of nitrogens with one attached hydrogen (secondary N) is 1. The van der Waals surface area contributed by atoms with E-state index in [0.717, 1.165) is 19.6 Å². The van der Waals surface area contributed by atoms with Gasteiger partial charge in [0, 0.05) is 32.8 Å². The van der Waals surface area contributed by atoms with Crippen LogP contribution in [0.4, 0.5) is 0 Å². The molecule has 0 bridgehead atoms. The van der Waals surface area contributed by atoms with Crippen LogP contribution in [0.1, 0.15) is 26.7 Å². The molecule has 1 aliphatic heterocycles. The van der Waals surface area contributed by atoms with Gasteiger partial charge in [0.05, 0.1) is 17.6 Å². The highest BCUT2D eigenvalue weighted by atomic mass is 32.2. The van der Waals surface area contributed by atoms with Crippen LogP contribution >= 0.6 is 0 Å². The van der Waals surface area contributed by atoms with Crippen LogP contribution in [0.5, 0.6) is 0 Å². The minimum atomic E-state index is -2.95. The van der Waals surface area contributed by atoms with E-state index in [2.05, 4.69) is 10.2 Å². The predicted octanol–water partition coefficient (Wildman–Crippen LogP) is 0.510. The molecule has 0 aromatic heterocycles. The minimum absolute atomic E-state index is 0.237. The molecule has 0 amide bonds. The van der Waals surface area contributed by atoms with Gasteiger partial charge in [0.2, 0.25) is 0 Å². The van der Waals surface area contributed by atoms with Gasteiger partial charge in [0.1, 0.15) is 0 Å². The summed E-state index contributed by atoms with van der Waals surface area (Å²) in [5, 5.41) is 3.16. The molecule has 114 valence electrons. The van der Waals surface area contributed by atoms with E-state index in [1.54, 1.807) is 21.0 Å². The molecule has 1 atom stereocenters. The molecule has 0 aromatic rings. The van der Waals surface area contributed by atoms with Crippen LogP contribution in [0.25, 0.3) is 0 Å². The van der Waals surface area contributed by atoms with Crippen molar-refractivity contribution in [2.45, 2.75) is 38.0 Å². The highest BCUT2D eigenvalue weighted by molar-refractivity contribution is 7.92. The quantitative estimate of drug-likeness (QED) is 0.671. The van der Waals surface area contributed by atoms with E-state index in [4.69, 9.17) is 4.74 Å². The summed E-state index contributed by atoms with van der Waals surface area (Å²) < 4.78 is 28.8. The van der Waals surface area contributed by atoms with Crippen LogP contribution in [-0.2, 0) is 14.6 Å². The third-order valence-electron chi connectivity index (χ3n) is 3.66. The van der Waals surface area contributed by atoms with Crippen LogP contribution in [0.2, 0.25) is 0 Å². The number of hydrogen-bond donors (Lipinski definition) is 1. The number of ether oxygens (including phenoxy) is 1. The maximum Gasteiger partial charge on any atom is 0.153 e. The molecule has 0 aromatic carbocycles. The van der Waals surface area contributed by atoms with Gasteiger partial charge >= 0.3 is 0 Å². The molecule has 6 heteroatoms. The molecule has 1 unspecified atom stereocenters. The Bertz CT molecular complexity index is 338. The number of rotatable bonds is 9. The third kappa shape index (κ3) is 6.21. The molecule has 1 N–H and O–H groups in total. The first-order valence-corrected chi connectivity index (χ1v) is 8.83. The Morgan fingerprint density at radius 1 is 1.37 bits per heavy atom. The first-order chi connectivity index (χ1) is 8.95. The summed E-state index contributed by atoms with van der Waals surface area (Å²) in [6, 6.07) is 0.499. The topological polar surface area (TPSA) is 58.6 Å². The van der Waals surface area contributed by atoms with Crippen molar-refractivity contribution in [1.82, 2.24) is 10.2 Å². The molecule has 19 heavy (non-hydrogen) atoms. The second-order valence-electron chi connectivity index (χ2n) is 5.50. The van der Waals surface area contributed by atoms with Gasteiger partial charge in [-0.1, -0.05) is 0 Å². The average molecular weight is 292 g/mol. The van der Waals surface area contributed by atoms with Crippen LogP contribution in [0, 0.1) is 0 Å². The summed E-state index contributed by atoms with van der Waals surface area (Å²) in [6.45, 7) is 7.52. The maximum atomic E-state index is 11.9. The first kappa shape index (κ1) is 16.9. The lowest BCUT2D eigenvalue weighted by molar-refractivity contribution is 0.146. The van der Waals surface area contributed by atoms with Gasteiger partial charge in [-0.05, 0) is 33.2 Å². The van der Waals surface area contributed by atoms with Crippen molar-refractivity contribution in [3.63, 3.8) is 0 Å². The Hall–Kier alpha value is -0.170. The second kappa shape index (κ2) is 8.19. The summed E-state index contributed by atoms with van der Waals surface area (Å²) in [4.78, 5) is 2.20. The van der Waals surface area contributed by atoms with E-state index in [1.807, 2.05) is 0 Å². The van der Waals surface area contributed by atoms with E-state index in [9.17, 15) is 8.42 Å². The number of methoxy groups -OCH3 is 1. The van der Waals surface area contributed by atoms with Crippen molar-refractivity contribution in [1.29, 1.82) is 0 Å². The summed E-state index contributed by atoms with van der Waals surface area (Å²) in [6.07, 6.45) is 2.40. The lowest BCUT2D eigenvalue weighted by atomic mass is 10.2. The Balaban J connectivity index is 2.44. The standard InChI is InChI=1S/C13H28N2O3S/c1-12(2)19(16,17)10-8-15(7-9-18-3)11-13-5-4-6-14-13/h12-14H,4-11H2,1-3H3. The maximum absolute atomic E-state index is 11.9. The van der Waals surface area contributed by atoms with Gasteiger partial charge in [0.25, 0.3) is 0 Å². The minimum Gasteiger partial charge on any atom is -0.383 e. The van der Waals surface area contributed by atoms with Crippen molar-refractivity contribution >= 4 is 9.84 Å². The molecule has 0 spiro atoms. The Morgan fingerprint density at radius 3 is 2.63 bits per heavy atom. The fourth-order valence-electron chi connectivity index (χ4n) is 2.23. The summed E-state index contributed by atoms with van der Waals surface area (Å²) in [7, 11) is -1.28. The van der Waals surface area contributed by atoms with E-state index >= 15 is 0 Å². The molecular weight excluding hydrogens is 264 g/mol. The number of sulfone groups is 1.